The number of hydrogen-bond donors (Lipinski definition) is 0. The van der Waals surface area contributed by atoms with Crippen molar-refractivity contribution in [2.45, 2.75) is 60.3 Å². The zero-order valence-electron chi connectivity index (χ0n) is 15.1. The standard InChI is InChI=1S/C18H36N2O/c1-7-18(8-11-19(6)14-15(2)3)9-12-20(13-10-18)17(21)16(4)5/h15-16H,7-14H2,1-6H3. The molecule has 1 rings (SSSR count). The first kappa shape index (κ1) is 18.5. The van der Waals surface area contributed by atoms with Crippen LogP contribution in [0.5, 0.6) is 0 Å². The Balaban J connectivity index is 2.47. The molecule has 0 aromatic carbocycles. The normalized spacial score (nSPS) is 18.8. The Morgan fingerprint density at radius 3 is 2.19 bits per heavy atom. The van der Waals surface area contributed by atoms with Gasteiger partial charge in [0.1, 0.15) is 0 Å². The van der Waals surface area contributed by atoms with Gasteiger partial charge in [0.05, 0.1) is 0 Å². The Morgan fingerprint density at radius 2 is 1.76 bits per heavy atom. The number of piperidine rings is 1. The molecule has 0 unspecified atom stereocenters. The summed E-state index contributed by atoms with van der Waals surface area (Å²) in [7, 11) is 2.24. The minimum Gasteiger partial charge on any atom is -0.342 e. The molecule has 1 heterocycles. The number of carbonyl (C=O) groups is 1. The molecule has 0 aromatic heterocycles. The average Bonchev–Trinajstić information content (AvgIpc) is 2.44. The first-order chi connectivity index (χ1) is 9.79. The molecule has 124 valence electrons. The van der Waals surface area contributed by atoms with E-state index >= 15 is 0 Å². The van der Waals surface area contributed by atoms with E-state index in [9.17, 15) is 4.79 Å². The van der Waals surface area contributed by atoms with Gasteiger partial charge in [0.15, 0.2) is 0 Å². The number of likely N-dealkylation sites (tertiary alicyclic amines) is 1. The fourth-order valence-electron chi connectivity index (χ4n) is 3.49. The average molecular weight is 296 g/mol. The summed E-state index contributed by atoms with van der Waals surface area (Å²) in [5.41, 5.74) is 0.457. The van der Waals surface area contributed by atoms with Crippen molar-refractivity contribution in [3.05, 3.63) is 0 Å². The van der Waals surface area contributed by atoms with Crippen molar-refractivity contribution >= 4 is 5.91 Å². The van der Waals surface area contributed by atoms with Gasteiger partial charge in [0, 0.05) is 25.6 Å². The fourth-order valence-corrected chi connectivity index (χ4v) is 3.49. The van der Waals surface area contributed by atoms with E-state index in [1.165, 1.54) is 38.8 Å². The predicted molar refractivity (Wildman–Crippen MR) is 90.3 cm³/mol. The van der Waals surface area contributed by atoms with Crippen LogP contribution in [0.15, 0.2) is 0 Å². The maximum absolute atomic E-state index is 12.1. The number of carbonyl (C=O) groups excluding carboxylic acids is 1. The topological polar surface area (TPSA) is 23.6 Å². The second-order valence-electron chi connectivity index (χ2n) is 7.74. The lowest BCUT2D eigenvalue weighted by Gasteiger charge is -2.43. The summed E-state index contributed by atoms with van der Waals surface area (Å²) in [4.78, 5) is 16.6. The van der Waals surface area contributed by atoms with Crippen LogP contribution in [0.3, 0.4) is 0 Å². The molecule has 3 heteroatoms. The van der Waals surface area contributed by atoms with Crippen molar-refractivity contribution in [2.24, 2.45) is 17.3 Å². The molecule has 21 heavy (non-hydrogen) atoms. The molecule has 1 fully saturated rings. The summed E-state index contributed by atoms with van der Waals surface area (Å²) in [6.07, 6.45) is 4.87. The van der Waals surface area contributed by atoms with Crippen LogP contribution in [0.2, 0.25) is 0 Å². The summed E-state index contributed by atoms with van der Waals surface area (Å²) in [6.45, 7) is 15.2. The van der Waals surface area contributed by atoms with Crippen LogP contribution in [0.4, 0.5) is 0 Å². The first-order valence-corrected chi connectivity index (χ1v) is 8.77. The van der Waals surface area contributed by atoms with Gasteiger partial charge in [-0.1, -0.05) is 41.0 Å². The van der Waals surface area contributed by atoms with Crippen molar-refractivity contribution < 1.29 is 4.79 Å². The van der Waals surface area contributed by atoms with Crippen LogP contribution in [0, 0.1) is 17.3 Å². The van der Waals surface area contributed by atoms with Gasteiger partial charge in [-0.15, -0.1) is 0 Å². The van der Waals surface area contributed by atoms with E-state index in [1.54, 1.807) is 0 Å². The van der Waals surface area contributed by atoms with E-state index in [-0.39, 0.29) is 5.92 Å². The Labute approximate surface area is 132 Å². The van der Waals surface area contributed by atoms with Gasteiger partial charge >= 0.3 is 0 Å². The maximum Gasteiger partial charge on any atom is 0.225 e. The molecule has 0 N–H and O–H groups in total. The highest BCUT2D eigenvalue weighted by molar-refractivity contribution is 5.78. The van der Waals surface area contributed by atoms with Gasteiger partial charge in [-0.3, -0.25) is 4.79 Å². The smallest absolute Gasteiger partial charge is 0.225 e. The zero-order valence-corrected chi connectivity index (χ0v) is 15.1. The maximum atomic E-state index is 12.1. The zero-order chi connectivity index (χ0) is 16.0. The molecular formula is C18H36N2O. The third-order valence-corrected chi connectivity index (χ3v) is 5.08. The summed E-state index contributed by atoms with van der Waals surface area (Å²) in [5, 5.41) is 0. The summed E-state index contributed by atoms with van der Waals surface area (Å²) >= 11 is 0. The largest absolute Gasteiger partial charge is 0.342 e. The molecule has 1 aliphatic rings. The molecule has 0 radical (unpaired) electrons. The molecular weight excluding hydrogens is 260 g/mol. The SMILES string of the molecule is CCC1(CCN(C)CC(C)C)CCN(C(=O)C(C)C)CC1. The number of amides is 1. The van der Waals surface area contributed by atoms with Gasteiger partial charge in [-0.05, 0) is 44.2 Å². The second kappa shape index (κ2) is 8.17. The molecule has 0 bridgehead atoms. The highest BCUT2D eigenvalue weighted by atomic mass is 16.2. The van der Waals surface area contributed by atoms with Crippen LogP contribution in [0.25, 0.3) is 0 Å². The van der Waals surface area contributed by atoms with Crippen molar-refractivity contribution in [1.29, 1.82) is 0 Å². The Morgan fingerprint density at radius 1 is 1.19 bits per heavy atom. The van der Waals surface area contributed by atoms with Crippen LogP contribution >= 0.6 is 0 Å². The highest BCUT2D eigenvalue weighted by Crippen LogP contribution is 2.38. The van der Waals surface area contributed by atoms with Crippen LogP contribution in [0.1, 0.15) is 60.3 Å². The van der Waals surface area contributed by atoms with Gasteiger partial charge in [-0.2, -0.15) is 0 Å². The van der Waals surface area contributed by atoms with E-state index in [0.29, 0.717) is 11.3 Å². The molecule has 0 aliphatic carbocycles. The molecule has 3 nitrogen and oxygen atoms in total. The monoisotopic (exact) mass is 296 g/mol. The highest BCUT2D eigenvalue weighted by Gasteiger charge is 2.34. The van der Waals surface area contributed by atoms with Crippen LogP contribution in [-0.2, 0) is 4.79 Å². The lowest BCUT2D eigenvalue weighted by atomic mass is 9.73. The molecule has 1 aliphatic heterocycles. The Hall–Kier alpha value is -0.570. The van der Waals surface area contributed by atoms with Gasteiger partial charge in [0.25, 0.3) is 0 Å². The number of nitrogens with zero attached hydrogens (tertiary/aromatic N) is 2. The number of rotatable bonds is 7. The first-order valence-electron chi connectivity index (χ1n) is 8.77. The van der Waals surface area contributed by atoms with Crippen molar-refractivity contribution in [3.8, 4) is 0 Å². The molecule has 0 spiro atoms. The third kappa shape index (κ3) is 5.61. The Bertz CT molecular complexity index is 317. The van der Waals surface area contributed by atoms with E-state index in [1.807, 2.05) is 13.8 Å². The van der Waals surface area contributed by atoms with E-state index in [0.717, 1.165) is 19.0 Å². The number of hydrogen-bond acceptors (Lipinski definition) is 2. The van der Waals surface area contributed by atoms with Crippen molar-refractivity contribution in [2.75, 3.05) is 33.2 Å². The molecule has 0 atom stereocenters. The van der Waals surface area contributed by atoms with Gasteiger partial charge < -0.3 is 9.80 Å². The predicted octanol–water partition coefficient (Wildman–Crippen LogP) is 3.64. The molecule has 1 amide bonds. The lowest BCUT2D eigenvalue weighted by molar-refractivity contribution is -0.137. The summed E-state index contributed by atoms with van der Waals surface area (Å²) in [5.74, 6) is 1.20. The van der Waals surface area contributed by atoms with E-state index in [2.05, 4.69) is 37.6 Å². The minimum atomic E-state index is 0.135. The molecule has 0 aromatic rings. The van der Waals surface area contributed by atoms with Crippen LogP contribution < -0.4 is 0 Å². The van der Waals surface area contributed by atoms with Crippen molar-refractivity contribution in [3.63, 3.8) is 0 Å². The lowest BCUT2D eigenvalue weighted by Crippen LogP contribution is -2.45. The quantitative estimate of drug-likeness (QED) is 0.716. The second-order valence-corrected chi connectivity index (χ2v) is 7.74. The van der Waals surface area contributed by atoms with Crippen LogP contribution in [-0.4, -0.2) is 48.9 Å². The summed E-state index contributed by atoms with van der Waals surface area (Å²) < 4.78 is 0. The van der Waals surface area contributed by atoms with E-state index < -0.39 is 0 Å². The Kier molecular flexibility index (Phi) is 7.19. The fraction of sp³-hybridized carbons (Fsp3) is 0.944. The van der Waals surface area contributed by atoms with Gasteiger partial charge in [0.2, 0.25) is 5.91 Å². The molecule has 1 saturated heterocycles. The van der Waals surface area contributed by atoms with E-state index in [4.69, 9.17) is 0 Å². The van der Waals surface area contributed by atoms with Gasteiger partial charge in [-0.25, -0.2) is 0 Å². The summed E-state index contributed by atoms with van der Waals surface area (Å²) in [6, 6.07) is 0. The minimum absolute atomic E-state index is 0.135. The van der Waals surface area contributed by atoms with Crippen molar-refractivity contribution in [1.82, 2.24) is 9.80 Å². The molecule has 0 saturated carbocycles. The third-order valence-electron chi connectivity index (χ3n) is 5.08.